The average molecular weight is 283 g/mol. The van der Waals surface area contributed by atoms with E-state index in [-0.39, 0.29) is 5.82 Å². The van der Waals surface area contributed by atoms with E-state index in [1.807, 2.05) is 25.6 Å². The Kier molecular flexibility index (Phi) is 6.08. The highest BCUT2D eigenvalue weighted by Crippen LogP contribution is 2.25. The van der Waals surface area contributed by atoms with Crippen LogP contribution in [0, 0.1) is 5.41 Å². The fourth-order valence-corrected chi connectivity index (χ4v) is 2.50. The molecule has 2 unspecified atom stereocenters. The zero-order valence-electron chi connectivity index (χ0n) is 12.2. The molecular formula is C13H24BN2O2S. The van der Waals surface area contributed by atoms with Crippen LogP contribution in [0.15, 0.2) is 4.99 Å². The van der Waals surface area contributed by atoms with Crippen molar-refractivity contribution in [2.45, 2.75) is 57.2 Å². The highest BCUT2D eigenvalue weighted by atomic mass is 32.2. The molecule has 1 saturated heterocycles. The van der Waals surface area contributed by atoms with Gasteiger partial charge in [0.1, 0.15) is 0 Å². The van der Waals surface area contributed by atoms with Crippen LogP contribution in [0.25, 0.3) is 0 Å². The lowest BCUT2D eigenvalue weighted by Gasteiger charge is -2.38. The van der Waals surface area contributed by atoms with E-state index in [9.17, 15) is 5.11 Å². The molecule has 0 aromatic rings. The number of aliphatic imine (C=N–C) groups is 1. The summed E-state index contributed by atoms with van der Waals surface area (Å²) < 4.78 is 5.64. The van der Waals surface area contributed by atoms with Crippen LogP contribution in [0.3, 0.4) is 0 Å². The normalized spacial score (nSPS) is 22.7. The minimum absolute atomic E-state index is 0.243. The van der Waals surface area contributed by atoms with Crippen molar-refractivity contribution in [2.24, 2.45) is 4.99 Å². The summed E-state index contributed by atoms with van der Waals surface area (Å²) >= 11 is 1.92. The Morgan fingerprint density at radius 2 is 2.16 bits per heavy atom. The minimum atomic E-state index is -0.949. The number of nitrogens with one attached hydrogen (secondary N) is 1. The molecular weight excluding hydrogens is 259 g/mol. The maximum atomic E-state index is 10.00. The summed E-state index contributed by atoms with van der Waals surface area (Å²) in [7, 11) is 1.58. The third-order valence-corrected chi connectivity index (χ3v) is 4.71. The van der Waals surface area contributed by atoms with E-state index in [1.54, 1.807) is 27.5 Å². The Morgan fingerprint density at radius 3 is 2.63 bits per heavy atom. The molecule has 0 bridgehead atoms. The van der Waals surface area contributed by atoms with Crippen LogP contribution in [-0.4, -0.2) is 53.8 Å². The van der Waals surface area contributed by atoms with E-state index in [0.29, 0.717) is 6.04 Å². The van der Waals surface area contributed by atoms with Crippen LogP contribution in [0.4, 0.5) is 0 Å². The second kappa shape index (κ2) is 6.91. The second-order valence-electron chi connectivity index (χ2n) is 5.88. The number of aliphatic hydroxyl groups is 1. The van der Waals surface area contributed by atoms with E-state index in [2.05, 4.69) is 4.99 Å². The van der Waals surface area contributed by atoms with E-state index >= 15 is 0 Å². The van der Waals surface area contributed by atoms with Gasteiger partial charge in [0.05, 0.1) is 17.2 Å². The topological polar surface area (TPSA) is 65.7 Å². The fourth-order valence-electron chi connectivity index (χ4n) is 1.37. The zero-order valence-corrected chi connectivity index (χ0v) is 13.0. The third kappa shape index (κ3) is 5.28. The lowest BCUT2D eigenvalue weighted by atomic mass is 9.78. The molecule has 19 heavy (non-hydrogen) atoms. The van der Waals surface area contributed by atoms with Gasteiger partial charge < -0.3 is 15.2 Å². The zero-order chi connectivity index (χ0) is 14.5. The Hall–Kier alpha value is -0.325. The Balaban J connectivity index is 2.46. The quantitative estimate of drug-likeness (QED) is 0.556. The molecule has 1 radical (unpaired) electrons. The van der Waals surface area contributed by atoms with Gasteiger partial charge in [0.15, 0.2) is 0 Å². The molecule has 1 rings (SSSR count). The second-order valence-corrected chi connectivity index (χ2v) is 7.03. The van der Waals surface area contributed by atoms with Gasteiger partial charge in [-0.2, -0.15) is 11.8 Å². The molecule has 0 saturated carbocycles. The summed E-state index contributed by atoms with van der Waals surface area (Å²) in [4.78, 5) is 4.49. The van der Waals surface area contributed by atoms with Crippen LogP contribution in [-0.2, 0) is 4.65 Å². The molecule has 0 aromatic heterocycles. The Morgan fingerprint density at radius 1 is 1.47 bits per heavy atom. The maximum Gasteiger partial charge on any atom is 0.308 e. The number of hydrogen-bond acceptors (Lipinski definition) is 5. The van der Waals surface area contributed by atoms with Crippen molar-refractivity contribution in [1.29, 1.82) is 5.41 Å². The van der Waals surface area contributed by atoms with Gasteiger partial charge in [0.25, 0.3) is 0 Å². The summed E-state index contributed by atoms with van der Waals surface area (Å²) in [6.45, 7) is 7.08. The smallest absolute Gasteiger partial charge is 0.308 e. The molecule has 1 fully saturated rings. The number of hydrogen-bond donors (Lipinski definition) is 2. The fraction of sp³-hybridized carbons (Fsp3) is 0.846. The van der Waals surface area contributed by atoms with Crippen LogP contribution < -0.4 is 0 Å². The molecule has 0 aliphatic carbocycles. The largest absolute Gasteiger partial charge is 0.432 e. The van der Waals surface area contributed by atoms with Crippen molar-refractivity contribution >= 4 is 31.7 Å². The van der Waals surface area contributed by atoms with Crippen LogP contribution in [0.5, 0.6) is 0 Å². The van der Waals surface area contributed by atoms with Gasteiger partial charge in [-0.25, -0.2) is 0 Å². The highest BCUT2D eigenvalue weighted by molar-refractivity contribution is 7.99. The summed E-state index contributed by atoms with van der Waals surface area (Å²) in [5.74, 6) is 1.99. The average Bonchev–Trinajstić information content (AvgIpc) is 2.80. The predicted octanol–water partition coefficient (Wildman–Crippen LogP) is 2.19. The summed E-state index contributed by atoms with van der Waals surface area (Å²) in [5, 5.41) is 17.4. The van der Waals surface area contributed by atoms with Gasteiger partial charge in [-0.05, 0) is 46.1 Å². The van der Waals surface area contributed by atoms with E-state index < -0.39 is 11.2 Å². The van der Waals surface area contributed by atoms with E-state index in [1.165, 1.54) is 12.0 Å². The number of nitrogens with zero attached hydrogens (tertiary/aromatic N) is 1. The Labute approximate surface area is 121 Å². The van der Waals surface area contributed by atoms with Crippen LogP contribution in [0.2, 0.25) is 5.82 Å². The molecule has 2 atom stereocenters. The number of thioether (sulfide) groups is 1. The highest BCUT2D eigenvalue weighted by Gasteiger charge is 2.36. The summed E-state index contributed by atoms with van der Waals surface area (Å²) in [6, 6.07) is 0.378. The first-order chi connectivity index (χ1) is 8.76. The maximum absolute atomic E-state index is 10.00. The van der Waals surface area contributed by atoms with Gasteiger partial charge in [0, 0.05) is 17.8 Å². The van der Waals surface area contributed by atoms with E-state index in [0.717, 1.165) is 12.2 Å². The van der Waals surface area contributed by atoms with Crippen LogP contribution >= 0.6 is 11.8 Å². The first-order valence-electron chi connectivity index (χ1n) is 6.61. The monoisotopic (exact) mass is 283 g/mol. The van der Waals surface area contributed by atoms with Gasteiger partial charge >= 0.3 is 7.48 Å². The summed E-state index contributed by atoms with van der Waals surface area (Å²) in [6.07, 6.45) is 4.18. The van der Waals surface area contributed by atoms with Crippen molar-refractivity contribution in [1.82, 2.24) is 0 Å². The van der Waals surface area contributed by atoms with Crippen molar-refractivity contribution in [3.05, 3.63) is 0 Å². The molecule has 0 aromatic carbocycles. The minimum Gasteiger partial charge on any atom is -0.432 e. The van der Waals surface area contributed by atoms with Gasteiger partial charge in [-0.1, -0.05) is 0 Å². The van der Waals surface area contributed by atoms with E-state index in [4.69, 9.17) is 10.1 Å². The molecule has 1 heterocycles. The van der Waals surface area contributed by atoms with Crippen LogP contribution in [0.1, 0.15) is 34.1 Å². The standard InChI is InChI=1S/C13H24BN2O2S/c1-12(2,17)13(3,4)18-14-10(7-15)8-16-11-5-6-19-9-11/h7-8,10-11,15,17H,5-6,9H2,1-4H3. The molecule has 0 amide bonds. The molecule has 107 valence electrons. The molecule has 4 nitrogen and oxygen atoms in total. The number of rotatable bonds is 7. The van der Waals surface area contributed by atoms with Crippen molar-refractivity contribution in [2.75, 3.05) is 11.5 Å². The third-order valence-electron chi connectivity index (χ3n) is 3.56. The molecule has 2 N–H and O–H groups in total. The molecule has 0 spiro atoms. The first kappa shape index (κ1) is 16.7. The van der Waals surface area contributed by atoms with Crippen molar-refractivity contribution in [3.8, 4) is 0 Å². The van der Waals surface area contributed by atoms with Crippen molar-refractivity contribution < 1.29 is 9.76 Å². The van der Waals surface area contributed by atoms with Gasteiger partial charge in [-0.3, -0.25) is 4.99 Å². The lowest BCUT2D eigenvalue weighted by molar-refractivity contribution is -0.0903. The first-order valence-corrected chi connectivity index (χ1v) is 7.77. The summed E-state index contributed by atoms with van der Waals surface area (Å²) in [5.41, 5.74) is -1.65. The lowest BCUT2D eigenvalue weighted by Crippen LogP contribution is -2.48. The SMILES string of the molecule is CC(C)(O)C(C)(C)O[B]C(C=N)C=NC1CCSC1. The molecule has 6 heteroatoms. The predicted molar refractivity (Wildman–Crippen MR) is 84.0 cm³/mol. The Bertz CT molecular complexity index is 323. The molecule has 1 aliphatic heterocycles. The van der Waals surface area contributed by atoms with Gasteiger partial charge in [-0.15, -0.1) is 0 Å². The van der Waals surface area contributed by atoms with Crippen molar-refractivity contribution in [3.63, 3.8) is 0 Å². The molecule has 1 aliphatic rings. The van der Waals surface area contributed by atoms with Gasteiger partial charge in [0.2, 0.25) is 0 Å².